The molecule has 3 heteroatoms. The van der Waals surface area contributed by atoms with Crippen LogP contribution in [0.1, 0.15) is 23.1 Å². The molecule has 1 aromatic heterocycles. The molecule has 0 unspecified atom stereocenters. The number of aromatic nitrogens is 1. The van der Waals surface area contributed by atoms with Gasteiger partial charge in [0.1, 0.15) is 0 Å². The lowest BCUT2D eigenvalue weighted by Gasteiger charge is -2.11. The largest absolute Gasteiger partial charge is 0.361 e. The summed E-state index contributed by atoms with van der Waals surface area (Å²) in [5.41, 5.74) is 5.45. The van der Waals surface area contributed by atoms with Gasteiger partial charge in [-0.2, -0.15) is 0 Å². The average Bonchev–Trinajstić information content (AvgIpc) is 2.96. The Morgan fingerprint density at radius 1 is 1.09 bits per heavy atom. The number of carbonyl (C=O) groups excluding carboxylic acids is 1. The van der Waals surface area contributed by atoms with E-state index >= 15 is 0 Å². The lowest BCUT2D eigenvalue weighted by molar-refractivity contribution is -0.116. The Balaban J connectivity index is 1.64. The Morgan fingerprint density at radius 3 is 2.64 bits per heavy atom. The van der Waals surface area contributed by atoms with E-state index in [0.29, 0.717) is 6.42 Å². The second-order valence-corrected chi connectivity index (χ2v) is 5.71. The molecule has 0 aliphatic carbocycles. The first-order chi connectivity index (χ1) is 10.6. The Hall–Kier alpha value is -2.55. The van der Waals surface area contributed by atoms with Crippen molar-refractivity contribution < 1.29 is 4.79 Å². The average molecular weight is 292 g/mol. The van der Waals surface area contributed by atoms with Gasteiger partial charge in [0.2, 0.25) is 5.91 Å². The van der Waals surface area contributed by atoms with Gasteiger partial charge in [-0.1, -0.05) is 24.3 Å². The molecule has 3 aromatic rings. The summed E-state index contributed by atoms with van der Waals surface area (Å²) in [6.45, 7) is 4.03. The Morgan fingerprint density at radius 2 is 1.86 bits per heavy atom. The maximum Gasteiger partial charge on any atom is 0.224 e. The van der Waals surface area contributed by atoms with Gasteiger partial charge in [-0.3, -0.25) is 4.79 Å². The van der Waals surface area contributed by atoms with Crippen LogP contribution in [-0.2, 0) is 11.2 Å². The predicted octanol–water partition coefficient (Wildman–Crippen LogP) is 4.36. The van der Waals surface area contributed by atoms with E-state index in [2.05, 4.69) is 34.6 Å². The van der Waals surface area contributed by atoms with Crippen LogP contribution in [0.25, 0.3) is 10.9 Å². The number of amides is 1. The van der Waals surface area contributed by atoms with E-state index in [4.69, 9.17) is 0 Å². The minimum Gasteiger partial charge on any atom is -0.361 e. The van der Waals surface area contributed by atoms with Crippen molar-refractivity contribution in [3.8, 4) is 0 Å². The summed E-state index contributed by atoms with van der Waals surface area (Å²) in [6, 6.07) is 14.4. The number of aryl methyl sites for hydroxylation is 3. The predicted molar refractivity (Wildman–Crippen MR) is 91.2 cm³/mol. The van der Waals surface area contributed by atoms with Crippen LogP contribution in [0.3, 0.4) is 0 Å². The van der Waals surface area contributed by atoms with Gasteiger partial charge in [-0.05, 0) is 60.5 Å². The highest BCUT2D eigenvalue weighted by Gasteiger charge is 2.08. The Labute approximate surface area is 130 Å². The smallest absolute Gasteiger partial charge is 0.224 e. The highest BCUT2D eigenvalue weighted by Crippen LogP contribution is 2.20. The van der Waals surface area contributed by atoms with Crippen molar-refractivity contribution in [2.24, 2.45) is 0 Å². The van der Waals surface area contributed by atoms with Crippen LogP contribution in [0.2, 0.25) is 0 Å². The van der Waals surface area contributed by atoms with Crippen LogP contribution in [-0.4, -0.2) is 10.9 Å². The number of nitrogens with one attached hydrogen (secondary N) is 2. The summed E-state index contributed by atoms with van der Waals surface area (Å²) in [5, 5.41) is 4.22. The second kappa shape index (κ2) is 6.06. The third-order valence-corrected chi connectivity index (χ3v) is 4.00. The minimum absolute atomic E-state index is 0.0616. The van der Waals surface area contributed by atoms with E-state index in [-0.39, 0.29) is 5.91 Å². The molecule has 2 aromatic carbocycles. The molecule has 0 radical (unpaired) electrons. The molecule has 22 heavy (non-hydrogen) atoms. The second-order valence-electron chi connectivity index (χ2n) is 5.71. The van der Waals surface area contributed by atoms with E-state index in [0.717, 1.165) is 28.8 Å². The molecule has 0 saturated carbocycles. The number of benzene rings is 2. The van der Waals surface area contributed by atoms with Gasteiger partial charge in [0.05, 0.1) is 0 Å². The first kappa shape index (κ1) is 14.4. The van der Waals surface area contributed by atoms with Crippen molar-refractivity contribution in [1.29, 1.82) is 0 Å². The maximum absolute atomic E-state index is 12.2. The van der Waals surface area contributed by atoms with Gasteiger partial charge < -0.3 is 10.3 Å². The fourth-order valence-corrected chi connectivity index (χ4v) is 2.73. The number of fused-ring (bicyclic) bond motifs is 1. The quantitative estimate of drug-likeness (QED) is 0.737. The van der Waals surface area contributed by atoms with E-state index in [9.17, 15) is 4.79 Å². The fourth-order valence-electron chi connectivity index (χ4n) is 2.73. The number of hydrogen-bond donors (Lipinski definition) is 2. The molecule has 3 nitrogen and oxygen atoms in total. The molecule has 0 atom stereocenters. The topological polar surface area (TPSA) is 44.9 Å². The molecule has 0 saturated heterocycles. The first-order valence-electron chi connectivity index (χ1n) is 7.55. The molecule has 0 aliphatic heterocycles. The number of aromatic amines is 1. The minimum atomic E-state index is 0.0616. The van der Waals surface area contributed by atoms with Gasteiger partial charge in [-0.25, -0.2) is 0 Å². The number of H-pyrrole nitrogens is 1. The lowest BCUT2D eigenvalue weighted by Crippen LogP contribution is -2.14. The monoisotopic (exact) mass is 292 g/mol. The molecule has 0 fully saturated rings. The number of para-hydroxylation sites is 1. The summed E-state index contributed by atoms with van der Waals surface area (Å²) < 4.78 is 0. The molecule has 1 heterocycles. The maximum atomic E-state index is 12.2. The van der Waals surface area contributed by atoms with Crippen molar-refractivity contribution in [2.45, 2.75) is 26.7 Å². The standard InChI is InChI=1S/C19H20N2O/c1-13-4-3-5-14(2)19(13)21-18(22)9-7-15-6-8-17-16(12-15)10-11-20-17/h3-6,8,10-12,20H,7,9H2,1-2H3,(H,21,22). The number of hydrogen-bond acceptors (Lipinski definition) is 1. The SMILES string of the molecule is Cc1cccc(C)c1NC(=O)CCc1ccc2[nH]ccc2c1. The molecular weight excluding hydrogens is 272 g/mol. The van der Waals surface area contributed by atoms with Crippen molar-refractivity contribution in [2.75, 3.05) is 5.32 Å². The third kappa shape index (κ3) is 3.03. The summed E-state index contributed by atoms with van der Waals surface area (Å²) in [5.74, 6) is 0.0616. The number of carbonyl (C=O) groups is 1. The van der Waals surface area contributed by atoms with Crippen molar-refractivity contribution in [3.05, 3.63) is 65.4 Å². The van der Waals surface area contributed by atoms with Gasteiger partial charge in [-0.15, -0.1) is 0 Å². The molecule has 0 bridgehead atoms. The van der Waals surface area contributed by atoms with Crippen LogP contribution in [0.4, 0.5) is 5.69 Å². The van der Waals surface area contributed by atoms with Crippen LogP contribution >= 0.6 is 0 Å². The van der Waals surface area contributed by atoms with Crippen LogP contribution in [0.5, 0.6) is 0 Å². The highest BCUT2D eigenvalue weighted by molar-refractivity contribution is 5.92. The zero-order valence-corrected chi connectivity index (χ0v) is 12.9. The van der Waals surface area contributed by atoms with E-state index in [1.807, 2.05) is 38.2 Å². The molecule has 0 spiro atoms. The molecule has 3 rings (SSSR count). The van der Waals surface area contributed by atoms with E-state index in [1.54, 1.807) is 0 Å². The Kier molecular flexibility index (Phi) is 3.96. The summed E-state index contributed by atoms with van der Waals surface area (Å²) >= 11 is 0. The summed E-state index contributed by atoms with van der Waals surface area (Å²) in [7, 11) is 0. The van der Waals surface area contributed by atoms with Crippen LogP contribution < -0.4 is 5.32 Å². The van der Waals surface area contributed by atoms with Gasteiger partial charge >= 0.3 is 0 Å². The third-order valence-electron chi connectivity index (χ3n) is 4.00. The zero-order valence-electron chi connectivity index (χ0n) is 12.9. The lowest BCUT2D eigenvalue weighted by atomic mass is 10.1. The molecule has 0 aliphatic rings. The molecular formula is C19H20N2O. The van der Waals surface area contributed by atoms with E-state index in [1.165, 1.54) is 10.9 Å². The van der Waals surface area contributed by atoms with Crippen molar-refractivity contribution in [3.63, 3.8) is 0 Å². The number of rotatable bonds is 4. The summed E-state index contributed by atoms with van der Waals surface area (Å²) in [6.07, 6.45) is 3.17. The Bertz CT molecular complexity index is 797. The summed E-state index contributed by atoms with van der Waals surface area (Å²) in [4.78, 5) is 15.4. The zero-order chi connectivity index (χ0) is 15.5. The van der Waals surface area contributed by atoms with Gasteiger partial charge in [0, 0.05) is 23.8 Å². The van der Waals surface area contributed by atoms with Gasteiger partial charge in [0.15, 0.2) is 0 Å². The first-order valence-corrected chi connectivity index (χ1v) is 7.55. The van der Waals surface area contributed by atoms with E-state index < -0.39 is 0 Å². The molecule has 1 amide bonds. The van der Waals surface area contributed by atoms with Crippen LogP contribution in [0.15, 0.2) is 48.7 Å². The van der Waals surface area contributed by atoms with Crippen LogP contribution in [0, 0.1) is 13.8 Å². The van der Waals surface area contributed by atoms with Crippen molar-refractivity contribution in [1.82, 2.24) is 4.98 Å². The molecule has 112 valence electrons. The van der Waals surface area contributed by atoms with Gasteiger partial charge in [0.25, 0.3) is 0 Å². The number of anilines is 1. The van der Waals surface area contributed by atoms with Crippen molar-refractivity contribution >= 4 is 22.5 Å². The molecule has 2 N–H and O–H groups in total. The highest BCUT2D eigenvalue weighted by atomic mass is 16.1. The normalized spacial score (nSPS) is 10.8. The fraction of sp³-hybridized carbons (Fsp3) is 0.211.